The summed E-state index contributed by atoms with van der Waals surface area (Å²) in [4.78, 5) is 29.1. The SMILES string of the molecule is CCN1CCCCC1.CCN1CCCCC1.CCN1CCCCC1.O=P(O)(O)O. The fraction of sp³-hybridized carbons (Fsp3) is 1.00. The molecule has 3 rings (SSSR count). The minimum Gasteiger partial charge on any atom is -0.304 e. The second kappa shape index (κ2) is 18.7. The van der Waals surface area contributed by atoms with Gasteiger partial charge in [0.15, 0.2) is 0 Å². The average Bonchev–Trinajstić information content (AvgIpc) is 2.75. The predicted octanol–water partition coefficient (Wildman–Crippen LogP) is 3.55. The minimum absolute atomic E-state index is 1.25. The summed E-state index contributed by atoms with van der Waals surface area (Å²) in [6.07, 6.45) is 12.9. The molecule has 0 radical (unpaired) electrons. The molecule has 3 fully saturated rings. The molecule has 0 amide bonds. The molecule has 0 unspecified atom stereocenters. The molecule has 0 spiro atoms. The maximum atomic E-state index is 8.88. The Morgan fingerprint density at radius 1 is 0.517 bits per heavy atom. The molecule has 0 atom stereocenters. The lowest BCUT2D eigenvalue weighted by Gasteiger charge is -2.24. The molecule has 0 aliphatic carbocycles. The fourth-order valence-electron chi connectivity index (χ4n) is 3.83. The molecule has 0 saturated carbocycles. The van der Waals surface area contributed by atoms with E-state index < -0.39 is 7.82 Å². The molecule has 3 aliphatic heterocycles. The average molecular weight is 438 g/mol. The Morgan fingerprint density at radius 3 is 0.793 bits per heavy atom. The van der Waals surface area contributed by atoms with Crippen LogP contribution in [0.15, 0.2) is 0 Å². The molecule has 3 aliphatic rings. The molecule has 176 valence electrons. The molecule has 7 nitrogen and oxygen atoms in total. The second-order valence-corrected chi connectivity index (χ2v) is 9.02. The van der Waals surface area contributed by atoms with E-state index in [2.05, 4.69) is 35.5 Å². The molecule has 3 saturated heterocycles. The van der Waals surface area contributed by atoms with Crippen LogP contribution in [0, 0.1) is 0 Å². The van der Waals surface area contributed by atoms with Crippen LogP contribution in [0.25, 0.3) is 0 Å². The lowest BCUT2D eigenvalue weighted by Crippen LogP contribution is -2.29. The standard InChI is InChI=1S/3C7H15N.H3O4P/c3*1-2-8-6-4-3-5-7-8;1-5(2,3)4/h3*2-7H2,1H3;(H3,1,2,3,4). The molecule has 0 aromatic rings. The highest BCUT2D eigenvalue weighted by Crippen LogP contribution is 2.25. The third kappa shape index (κ3) is 21.0. The number of piperidine rings is 3. The van der Waals surface area contributed by atoms with Crippen molar-refractivity contribution in [2.45, 2.75) is 78.6 Å². The van der Waals surface area contributed by atoms with Gasteiger partial charge in [-0.15, -0.1) is 0 Å². The first-order valence-corrected chi connectivity index (χ1v) is 13.3. The van der Waals surface area contributed by atoms with E-state index in [9.17, 15) is 0 Å². The lowest BCUT2D eigenvalue weighted by molar-refractivity contribution is 0.240. The maximum absolute atomic E-state index is 8.88. The Balaban J connectivity index is 0.000000367. The number of nitrogens with zero attached hydrogens (tertiary/aromatic N) is 3. The minimum atomic E-state index is -4.64. The topological polar surface area (TPSA) is 87.5 Å². The van der Waals surface area contributed by atoms with Crippen LogP contribution in [0.4, 0.5) is 0 Å². The normalized spacial score (nSPS) is 21.6. The third-order valence-corrected chi connectivity index (χ3v) is 5.69. The summed E-state index contributed by atoms with van der Waals surface area (Å²) in [5.41, 5.74) is 0. The molecule has 0 bridgehead atoms. The molecular weight excluding hydrogens is 389 g/mol. The fourth-order valence-corrected chi connectivity index (χ4v) is 3.83. The molecule has 29 heavy (non-hydrogen) atoms. The van der Waals surface area contributed by atoms with Crippen molar-refractivity contribution in [1.82, 2.24) is 14.7 Å². The van der Waals surface area contributed by atoms with Crippen molar-refractivity contribution in [2.75, 3.05) is 58.9 Å². The Morgan fingerprint density at radius 2 is 0.690 bits per heavy atom. The van der Waals surface area contributed by atoms with E-state index in [4.69, 9.17) is 19.2 Å². The lowest BCUT2D eigenvalue weighted by atomic mass is 10.1. The highest BCUT2D eigenvalue weighted by atomic mass is 31.2. The van der Waals surface area contributed by atoms with Crippen molar-refractivity contribution in [3.05, 3.63) is 0 Å². The van der Waals surface area contributed by atoms with E-state index in [0.717, 1.165) is 0 Å². The van der Waals surface area contributed by atoms with Gasteiger partial charge in [0.1, 0.15) is 0 Å². The number of hydrogen-bond acceptors (Lipinski definition) is 4. The number of rotatable bonds is 3. The summed E-state index contributed by atoms with van der Waals surface area (Å²) in [6.45, 7) is 18.5. The van der Waals surface area contributed by atoms with Gasteiger partial charge in [0, 0.05) is 0 Å². The highest BCUT2D eigenvalue weighted by Gasteiger charge is 2.07. The molecular formula is C21H48N3O4P. The van der Waals surface area contributed by atoms with Crippen molar-refractivity contribution < 1.29 is 19.2 Å². The summed E-state index contributed by atoms with van der Waals surface area (Å²) >= 11 is 0. The van der Waals surface area contributed by atoms with E-state index in [1.807, 2.05) is 0 Å². The third-order valence-electron chi connectivity index (χ3n) is 5.69. The molecule has 0 aromatic carbocycles. The van der Waals surface area contributed by atoms with Crippen molar-refractivity contribution in [1.29, 1.82) is 0 Å². The smallest absolute Gasteiger partial charge is 0.304 e. The van der Waals surface area contributed by atoms with Crippen molar-refractivity contribution in [3.63, 3.8) is 0 Å². The van der Waals surface area contributed by atoms with E-state index in [1.165, 1.54) is 117 Å². The van der Waals surface area contributed by atoms with Gasteiger partial charge >= 0.3 is 7.82 Å². The van der Waals surface area contributed by atoms with Gasteiger partial charge in [-0.3, -0.25) is 0 Å². The first kappa shape index (κ1) is 29.0. The van der Waals surface area contributed by atoms with Crippen LogP contribution < -0.4 is 0 Å². The Hall–Kier alpha value is -0.0100. The number of phosphoric acid groups is 1. The van der Waals surface area contributed by atoms with Crippen molar-refractivity contribution in [2.24, 2.45) is 0 Å². The quantitative estimate of drug-likeness (QED) is 0.582. The van der Waals surface area contributed by atoms with Crippen LogP contribution in [0.5, 0.6) is 0 Å². The van der Waals surface area contributed by atoms with Gasteiger partial charge in [0.2, 0.25) is 0 Å². The zero-order valence-electron chi connectivity index (χ0n) is 19.3. The van der Waals surface area contributed by atoms with Crippen LogP contribution in [0.3, 0.4) is 0 Å². The summed E-state index contributed by atoms with van der Waals surface area (Å²) in [5, 5.41) is 0. The Labute approximate surface area is 179 Å². The Kier molecular flexibility index (Phi) is 18.7. The molecule has 8 heteroatoms. The van der Waals surface area contributed by atoms with Gasteiger partial charge in [-0.25, -0.2) is 4.57 Å². The molecule has 3 heterocycles. The Bertz CT molecular complexity index is 340. The predicted molar refractivity (Wildman–Crippen MR) is 122 cm³/mol. The zero-order chi connectivity index (χ0) is 22.0. The largest absolute Gasteiger partial charge is 0.466 e. The van der Waals surface area contributed by atoms with Crippen molar-refractivity contribution >= 4 is 7.82 Å². The summed E-state index contributed by atoms with van der Waals surface area (Å²) < 4.78 is 8.88. The number of likely N-dealkylation sites (tertiary alicyclic amines) is 3. The summed E-state index contributed by atoms with van der Waals surface area (Å²) in [6, 6.07) is 0. The van der Waals surface area contributed by atoms with Gasteiger partial charge < -0.3 is 29.4 Å². The van der Waals surface area contributed by atoms with Gasteiger partial charge in [-0.05, 0) is 97.4 Å². The van der Waals surface area contributed by atoms with Gasteiger partial charge in [-0.1, -0.05) is 40.0 Å². The monoisotopic (exact) mass is 437 g/mol. The zero-order valence-corrected chi connectivity index (χ0v) is 20.2. The van der Waals surface area contributed by atoms with Gasteiger partial charge in [-0.2, -0.15) is 0 Å². The summed E-state index contributed by atoms with van der Waals surface area (Å²) in [7, 11) is -4.64. The first-order valence-electron chi connectivity index (χ1n) is 11.7. The number of hydrogen-bond donors (Lipinski definition) is 3. The highest BCUT2D eigenvalue weighted by molar-refractivity contribution is 7.45. The summed E-state index contributed by atoms with van der Waals surface area (Å²) in [5.74, 6) is 0. The van der Waals surface area contributed by atoms with Crippen LogP contribution in [-0.2, 0) is 4.57 Å². The van der Waals surface area contributed by atoms with Gasteiger partial charge in [0.05, 0.1) is 0 Å². The van der Waals surface area contributed by atoms with Crippen LogP contribution in [0.1, 0.15) is 78.6 Å². The van der Waals surface area contributed by atoms with Gasteiger partial charge in [0.25, 0.3) is 0 Å². The van der Waals surface area contributed by atoms with E-state index in [-0.39, 0.29) is 0 Å². The van der Waals surface area contributed by atoms with Crippen molar-refractivity contribution in [3.8, 4) is 0 Å². The van der Waals surface area contributed by atoms with E-state index >= 15 is 0 Å². The first-order chi connectivity index (χ1) is 13.8. The van der Waals surface area contributed by atoms with Crippen LogP contribution in [-0.4, -0.2) is 88.3 Å². The molecule has 0 aromatic heterocycles. The molecule has 3 N–H and O–H groups in total. The van der Waals surface area contributed by atoms with E-state index in [1.54, 1.807) is 0 Å². The second-order valence-electron chi connectivity index (χ2n) is 8.00. The van der Waals surface area contributed by atoms with Crippen LogP contribution >= 0.6 is 7.82 Å². The van der Waals surface area contributed by atoms with Crippen LogP contribution in [0.2, 0.25) is 0 Å². The maximum Gasteiger partial charge on any atom is 0.466 e. The van der Waals surface area contributed by atoms with E-state index in [0.29, 0.717) is 0 Å².